The summed E-state index contributed by atoms with van der Waals surface area (Å²) >= 11 is 5.05. The van der Waals surface area contributed by atoms with Gasteiger partial charge in [-0.1, -0.05) is 15.2 Å². The van der Waals surface area contributed by atoms with Crippen LogP contribution in [-0.4, -0.2) is 20.4 Å². The lowest BCUT2D eigenvalue weighted by Crippen LogP contribution is -2.00. The van der Waals surface area contributed by atoms with Gasteiger partial charge in [-0.2, -0.15) is 8.42 Å². The van der Waals surface area contributed by atoms with E-state index in [4.69, 9.17) is 11.6 Å². The molecule has 7 heteroatoms. The normalized spacial score (nSPS) is 13.2. The largest absolute Gasteiger partial charge is 0.469 e. The maximum absolute atomic E-state index is 11.7. The molecular weight excluding hydrogens is 197 g/mol. The molecule has 0 saturated carbocycles. The average Bonchev–Trinajstić information content (AvgIpc) is 1.79. The van der Waals surface area contributed by atoms with Crippen LogP contribution in [0.3, 0.4) is 0 Å². The second kappa shape index (κ2) is 4.50. The molecule has 0 fully saturated rings. The van der Waals surface area contributed by atoms with Crippen molar-refractivity contribution in [3.63, 3.8) is 0 Å². The summed E-state index contributed by atoms with van der Waals surface area (Å²) in [6.45, 7) is 1.99. The summed E-state index contributed by atoms with van der Waals surface area (Å²) in [6, 6.07) is 0. The Hall–Kier alpha value is -0.360. The summed E-state index contributed by atoms with van der Waals surface area (Å²) < 4.78 is 38.1. The zero-order valence-corrected chi connectivity index (χ0v) is 7.32. The molecule has 0 saturated heterocycles. The van der Waals surface area contributed by atoms with E-state index in [1.807, 2.05) is 0 Å². The van der Waals surface area contributed by atoms with Crippen LogP contribution in [0.5, 0.6) is 0 Å². The lowest BCUT2D eigenvalue weighted by Gasteiger charge is -1.97. The first kappa shape index (κ1) is 10.6. The first-order valence-electron chi connectivity index (χ1n) is 2.78. The van der Waals surface area contributed by atoms with Crippen molar-refractivity contribution in [3.05, 3.63) is 0 Å². The highest BCUT2D eigenvalue weighted by Gasteiger charge is 2.05. The van der Waals surface area contributed by atoms with Gasteiger partial charge in [0.15, 0.2) is 0 Å². The smallest absolute Gasteiger partial charge is 0.422 e. The summed E-state index contributed by atoms with van der Waals surface area (Å²) in [6.07, 6.45) is 0.637. The van der Waals surface area contributed by atoms with Crippen molar-refractivity contribution in [2.45, 2.75) is 13.3 Å². The molecule has 0 radical (unpaired) electrons. The Bertz CT molecular complexity index is 238. The standard InChI is InChI=1S/C4H7ClFNO3S/c1-2-3-10-4(5)7-11(6,8)9/h2-3H2,1H3/b7-4+. The van der Waals surface area contributed by atoms with E-state index >= 15 is 0 Å². The van der Waals surface area contributed by atoms with E-state index in [0.29, 0.717) is 6.42 Å². The topological polar surface area (TPSA) is 55.7 Å². The molecule has 0 bridgehead atoms. The highest BCUT2D eigenvalue weighted by Crippen LogP contribution is 1.98. The monoisotopic (exact) mass is 203 g/mol. The molecule has 0 aliphatic rings. The molecule has 0 spiro atoms. The molecule has 0 aromatic carbocycles. The van der Waals surface area contributed by atoms with Crippen LogP contribution in [-0.2, 0) is 15.1 Å². The van der Waals surface area contributed by atoms with Crippen molar-refractivity contribution >= 4 is 27.4 Å². The first-order valence-corrected chi connectivity index (χ1v) is 4.50. The van der Waals surface area contributed by atoms with Gasteiger partial charge in [-0.05, 0) is 18.0 Å². The van der Waals surface area contributed by atoms with E-state index in [1.165, 1.54) is 0 Å². The third-order valence-electron chi connectivity index (χ3n) is 0.606. The van der Waals surface area contributed by atoms with Crippen LogP contribution in [0.2, 0.25) is 0 Å². The van der Waals surface area contributed by atoms with Gasteiger partial charge in [0.2, 0.25) is 0 Å². The van der Waals surface area contributed by atoms with E-state index in [0.717, 1.165) is 0 Å². The van der Waals surface area contributed by atoms with Crippen molar-refractivity contribution in [2.24, 2.45) is 4.40 Å². The van der Waals surface area contributed by atoms with Crippen molar-refractivity contribution in [2.75, 3.05) is 6.61 Å². The number of nitrogens with zero attached hydrogens (tertiary/aromatic N) is 1. The minimum atomic E-state index is -4.92. The van der Waals surface area contributed by atoms with Gasteiger partial charge in [0.1, 0.15) is 0 Å². The number of hydrogen-bond donors (Lipinski definition) is 0. The van der Waals surface area contributed by atoms with E-state index in [-0.39, 0.29) is 6.61 Å². The second-order valence-electron chi connectivity index (χ2n) is 1.60. The Kier molecular flexibility index (Phi) is 4.36. The van der Waals surface area contributed by atoms with Gasteiger partial charge in [-0.15, -0.1) is 0 Å². The summed E-state index contributed by atoms with van der Waals surface area (Å²) in [5, 5.41) is -0.700. The van der Waals surface area contributed by atoms with Gasteiger partial charge in [-0.3, -0.25) is 0 Å². The van der Waals surface area contributed by atoms with Gasteiger partial charge in [0.05, 0.1) is 6.61 Å². The highest BCUT2D eigenvalue weighted by atomic mass is 35.5. The van der Waals surface area contributed by atoms with Crippen LogP contribution in [0.15, 0.2) is 4.40 Å². The molecule has 0 heterocycles. The second-order valence-corrected chi connectivity index (χ2v) is 2.93. The maximum Gasteiger partial charge on any atom is 0.422 e. The molecule has 0 aromatic heterocycles. The molecular formula is C4H7ClFNO3S. The quantitative estimate of drug-likeness (QED) is 0.394. The summed E-state index contributed by atoms with van der Waals surface area (Å²) in [4.78, 5) is 0. The minimum Gasteiger partial charge on any atom is -0.469 e. The van der Waals surface area contributed by atoms with E-state index < -0.39 is 15.8 Å². The molecule has 0 atom stereocenters. The van der Waals surface area contributed by atoms with E-state index in [1.54, 1.807) is 6.92 Å². The summed E-state index contributed by atoms with van der Waals surface area (Å²) in [7, 11) is -4.92. The predicted octanol–water partition coefficient (Wildman–Crippen LogP) is 1.22. The zero-order valence-electron chi connectivity index (χ0n) is 5.75. The fourth-order valence-electron chi connectivity index (χ4n) is 0.298. The molecule has 11 heavy (non-hydrogen) atoms. The fraction of sp³-hybridized carbons (Fsp3) is 0.750. The molecule has 0 aromatic rings. The van der Waals surface area contributed by atoms with Crippen molar-refractivity contribution in [1.29, 1.82) is 0 Å². The fourth-order valence-corrected chi connectivity index (χ4v) is 0.847. The third-order valence-corrected chi connectivity index (χ3v) is 1.28. The number of hydrogen-bond acceptors (Lipinski definition) is 3. The molecule has 0 amide bonds. The van der Waals surface area contributed by atoms with Gasteiger partial charge in [-0.25, -0.2) is 0 Å². The van der Waals surface area contributed by atoms with Crippen molar-refractivity contribution < 1.29 is 17.0 Å². The Labute approximate surface area is 69.4 Å². The maximum atomic E-state index is 11.7. The van der Waals surface area contributed by atoms with Crippen LogP contribution in [0.1, 0.15) is 13.3 Å². The van der Waals surface area contributed by atoms with E-state index in [2.05, 4.69) is 9.13 Å². The molecule has 0 N–H and O–H groups in total. The van der Waals surface area contributed by atoms with Crippen LogP contribution in [0, 0.1) is 0 Å². The first-order chi connectivity index (χ1) is 4.95. The van der Waals surface area contributed by atoms with Crippen molar-refractivity contribution in [1.82, 2.24) is 0 Å². The Morgan fingerprint density at radius 1 is 1.73 bits per heavy atom. The van der Waals surface area contributed by atoms with Gasteiger partial charge in [0.25, 0.3) is 5.36 Å². The Morgan fingerprint density at radius 2 is 2.27 bits per heavy atom. The SMILES string of the molecule is CCCO/C(Cl)=N/S(=O)(=O)F. The predicted molar refractivity (Wildman–Crippen MR) is 39.6 cm³/mol. The average molecular weight is 204 g/mol. The third kappa shape index (κ3) is 7.54. The number of halogens is 2. The van der Waals surface area contributed by atoms with Crippen LogP contribution < -0.4 is 0 Å². The van der Waals surface area contributed by atoms with Crippen LogP contribution >= 0.6 is 11.6 Å². The van der Waals surface area contributed by atoms with Gasteiger partial charge < -0.3 is 4.74 Å². The molecule has 0 aliphatic carbocycles. The molecule has 0 unspecified atom stereocenters. The van der Waals surface area contributed by atoms with Crippen molar-refractivity contribution in [3.8, 4) is 0 Å². The van der Waals surface area contributed by atoms with Gasteiger partial charge >= 0.3 is 10.4 Å². The molecule has 0 aliphatic heterocycles. The zero-order chi connectivity index (χ0) is 8.91. The lowest BCUT2D eigenvalue weighted by atomic mass is 10.5. The lowest BCUT2D eigenvalue weighted by molar-refractivity contribution is 0.313. The van der Waals surface area contributed by atoms with Gasteiger partial charge in [0, 0.05) is 0 Å². The Balaban J connectivity index is 4.02. The highest BCUT2D eigenvalue weighted by molar-refractivity contribution is 7.85. The number of ether oxygens (including phenoxy) is 1. The molecule has 4 nitrogen and oxygen atoms in total. The minimum absolute atomic E-state index is 0.206. The van der Waals surface area contributed by atoms with Crippen LogP contribution in [0.4, 0.5) is 3.89 Å². The molecule has 66 valence electrons. The summed E-state index contributed by atoms with van der Waals surface area (Å²) in [5.41, 5.74) is 0. The summed E-state index contributed by atoms with van der Waals surface area (Å²) in [5.74, 6) is 0. The van der Waals surface area contributed by atoms with Crippen LogP contribution in [0.25, 0.3) is 0 Å². The van der Waals surface area contributed by atoms with E-state index in [9.17, 15) is 12.3 Å². The Morgan fingerprint density at radius 3 is 2.64 bits per heavy atom. The molecule has 0 rings (SSSR count). The number of rotatable bonds is 3.